The minimum Gasteiger partial charge on any atom is -0.481 e. The molecular formula is C27H23ClN2O5. The summed E-state index contributed by atoms with van der Waals surface area (Å²) in [5.41, 5.74) is 4.31. The summed E-state index contributed by atoms with van der Waals surface area (Å²) in [6, 6.07) is 20.6. The molecule has 8 heteroatoms. The molecule has 3 aromatic rings. The van der Waals surface area contributed by atoms with Crippen LogP contribution in [0.15, 0.2) is 66.7 Å². The lowest BCUT2D eigenvalue weighted by Crippen LogP contribution is -2.38. The Hall–Kier alpha value is -3.84. The maximum atomic E-state index is 12.7. The average molecular weight is 491 g/mol. The van der Waals surface area contributed by atoms with Gasteiger partial charge in [0, 0.05) is 22.2 Å². The zero-order valence-electron chi connectivity index (χ0n) is 18.7. The Balaban J connectivity index is 1.25. The first-order valence-electron chi connectivity index (χ1n) is 11.3. The number of anilines is 1. The van der Waals surface area contributed by atoms with Gasteiger partial charge in [0.2, 0.25) is 0 Å². The van der Waals surface area contributed by atoms with Crippen LogP contribution in [0.5, 0.6) is 0 Å². The van der Waals surface area contributed by atoms with Gasteiger partial charge < -0.3 is 15.2 Å². The highest BCUT2D eigenvalue weighted by atomic mass is 35.5. The number of hydrogen-bond donors (Lipinski definition) is 3. The fraction of sp³-hybridized carbons (Fsp3) is 0.222. The lowest BCUT2D eigenvalue weighted by molar-refractivity contribution is -0.137. The van der Waals surface area contributed by atoms with E-state index in [1.165, 1.54) is 18.2 Å². The maximum Gasteiger partial charge on any atom is 0.411 e. The van der Waals surface area contributed by atoms with Crippen molar-refractivity contribution in [3.05, 3.63) is 88.4 Å². The molecule has 0 spiro atoms. The lowest BCUT2D eigenvalue weighted by atomic mass is 9.98. The molecule has 0 saturated heterocycles. The van der Waals surface area contributed by atoms with E-state index in [1.54, 1.807) is 0 Å². The number of carboxylic acids is 1. The molecule has 0 aromatic heterocycles. The molecule has 7 nitrogen and oxygen atoms in total. The fourth-order valence-electron chi connectivity index (χ4n) is 4.64. The van der Waals surface area contributed by atoms with Gasteiger partial charge in [-0.05, 0) is 53.3 Å². The summed E-state index contributed by atoms with van der Waals surface area (Å²) in [5.74, 6) is -1.48. The third-order valence-electron chi connectivity index (χ3n) is 6.47. The van der Waals surface area contributed by atoms with E-state index in [-0.39, 0.29) is 29.5 Å². The van der Waals surface area contributed by atoms with Crippen molar-refractivity contribution in [2.45, 2.75) is 30.7 Å². The summed E-state index contributed by atoms with van der Waals surface area (Å²) in [5, 5.41) is 14.7. The van der Waals surface area contributed by atoms with E-state index >= 15 is 0 Å². The molecule has 0 heterocycles. The third-order valence-corrected chi connectivity index (χ3v) is 6.69. The molecule has 0 atom stereocenters. The van der Waals surface area contributed by atoms with Crippen molar-refractivity contribution in [2.24, 2.45) is 0 Å². The number of hydrogen-bond acceptors (Lipinski definition) is 4. The number of benzene rings is 3. The molecule has 2 aliphatic carbocycles. The maximum absolute atomic E-state index is 12.7. The minimum absolute atomic E-state index is 0.0715. The van der Waals surface area contributed by atoms with Crippen LogP contribution >= 0.6 is 11.6 Å². The highest BCUT2D eigenvalue weighted by Gasteiger charge is 2.46. The molecule has 1 saturated carbocycles. The fourth-order valence-corrected chi connectivity index (χ4v) is 4.88. The number of nitrogens with one attached hydrogen (secondary N) is 2. The van der Waals surface area contributed by atoms with Crippen LogP contribution < -0.4 is 10.6 Å². The Labute approximate surface area is 207 Å². The Morgan fingerprint density at radius 3 is 2.20 bits per heavy atom. The normalized spacial score (nSPS) is 15.0. The first-order chi connectivity index (χ1) is 16.8. The molecule has 0 radical (unpaired) electrons. The van der Waals surface area contributed by atoms with E-state index in [4.69, 9.17) is 21.4 Å². The molecule has 5 rings (SSSR count). The predicted octanol–water partition coefficient (Wildman–Crippen LogP) is 5.44. The van der Waals surface area contributed by atoms with Crippen molar-refractivity contribution in [1.29, 1.82) is 0 Å². The Morgan fingerprint density at radius 2 is 1.60 bits per heavy atom. The number of ether oxygens (including phenoxy) is 1. The quantitative estimate of drug-likeness (QED) is 0.409. The Kier molecular flexibility index (Phi) is 5.94. The van der Waals surface area contributed by atoms with Crippen molar-refractivity contribution >= 4 is 35.3 Å². The standard InChI is InChI=1S/C27H23ClN2O5/c28-17-11-16(25(33)30-27(9-10-27)14-24(31)32)12-18(13-17)29-26(34)35-15-23-21-7-3-1-5-19(21)20-6-2-4-8-22(20)23/h1-8,11-13,23H,9-10,14-15H2,(H,29,34)(H,30,33)(H,31,32). The molecule has 1 fully saturated rings. The summed E-state index contributed by atoms with van der Waals surface area (Å²) in [7, 11) is 0. The van der Waals surface area contributed by atoms with Gasteiger partial charge in [0.05, 0.1) is 12.0 Å². The van der Waals surface area contributed by atoms with Crippen LogP contribution in [0, 0.1) is 0 Å². The molecule has 0 aliphatic heterocycles. The van der Waals surface area contributed by atoms with Crippen molar-refractivity contribution in [3.8, 4) is 11.1 Å². The van der Waals surface area contributed by atoms with Gasteiger partial charge in [-0.1, -0.05) is 60.1 Å². The molecular weight excluding hydrogens is 468 g/mol. The van der Waals surface area contributed by atoms with Gasteiger partial charge in [-0.2, -0.15) is 0 Å². The number of carbonyl (C=O) groups is 3. The number of amides is 2. The van der Waals surface area contributed by atoms with Crippen LogP contribution in [-0.2, 0) is 9.53 Å². The summed E-state index contributed by atoms with van der Waals surface area (Å²) >= 11 is 6.18. The molecule has 35 heavy (non-hydrogen) atoms. The number of halogens is 1. The molecule has 3 aromatic carbocycles. The van der Waals surface area contributed by atoms with Crippen molar-refractivity contribution < 1.29 is 24.2 Å². The summed E-state index contributed by atoms with van der Waals surface area (Å²) < 4.78 is 5.56. The summed E-state index contributed by atoms with van der Waals surface area (Å²) in [4.78, 5) is 36.4. The van der Waals surface area contributed by atoms with Gasteiger partial charge in [-0.3, -0.25) is 14.9 Å². The van der Waals surface area contributed by atoms with Crippen molar-refractivity contribution in [1.82, 2.24) is 5.32 Å². The smallest absolute Gasteiger partial charge is 0.411 e. The monoisotopic (exact) mass is 490 g/mol. The Bertz CT molecular complexity index is 1290. The largest absolute Gasteiger partial charge is 0.481 e. The van der Waals surface area contributed by atoms with E-state index in [0.717, 1.165) is 22.3 Å². The number of carbonyl (C=O) groups excluding carboxylic acids is 2. The molecule has 2 amide bonds. The van der Waals surface area contributed by atoms with Crippen LogP contribution in [-0.4, -0.2) is 35.2 Å². The Morgan fingerprint density at radius 1 is 0.971 bits per heavy atom. The first kappa shape index (κ1) is 22.9. The van der Waals surface area contributed by atoms with Crippen LogP contribution in [0.3, 0.4) is 0 Å². The van der Waals surface area contributed by atoms with Gasteiger partial charge in [0.25, 0.3) is 5.91 Å². The molecule has 178 valence electrons. The molecule has 2 aliphatic rings. The van der Waals surface area contributed by atoms with Gasteiger partial charge in [-0.25, -0.2) is 4.79 Å². The number of fused-ring (bicyclic) bond motifs is 3. The molecule has 0 unspecified atom stereocenters. The van der Waals surface area contributed by atoms with E-state index in [9.17, 15) is 14.4 Å². The van der Waals surface area contributed by atoms with Crippen LogP contribution in [0.25, 0.3) is 11.1 Å². The van der Waals surface area contributed by atoms with Crippen LogP contribution in [0.1, 0.15) is 46.7 Å². The zero-order valence-corrected chi connectivity index (χ0v) is 19.5. The molecule has 0 bridgehead atoms. The van der Waals surface area contributed by atoms with E-state index in [0.29, 0.717) is 18.5 Å². The van der Waals surface area contributed by atoms with Gasteiger partial charge >= 0.3 is 12.1 Å². The van der Waals surface area contributed by atoms with E-state index < -0.39 is 23.5 Å². The highest BCUT2D eigenvalue weighted by Crippen LogP contribution is 2.44. The number of carboxylic acid groups (broad SMARTS) is 1. The first-order valence-corrected chi connectivity index (χ1v) is 11.7. The SMILES string of the molecule is O=C(O)CC1(NC(=O)c2cc(Cl)cc(NC(=O)OCC3c4ccccc4-c4ccccc43)c2)CC1. The zero-order chi connectivity index (χ0) is 24.6. The third kappa shape index (κ3) is 4.86. The number of rotatable bonds is 7. The van der Waals surface area contributed by atoms with Gasteiger partial charge in [0.15, 0.2) is 0 Å². The van der Waals surface area contributed by atoms with E-state index in [2.05, 4.69) is 22.8 Å². The summed E-state index contributed by atoms with van der Waals surface area (Å²) in [6.45, 7) is 0.158. The second-order valence-corrected chi connectivity index (χ2v) is 9.42. The van der Waals surface area contributed by atoms with Crippen molar-refractivity contribution in [3.63, 3.8) is 0 Å². The number of aliphatic carboxylic acids is 1. The van der Waals surface area contributed by atoms with Crippen molar-refractivity contribution in [2.75, 3.05) is 11.9 Å². The topological polar surface area (TPSA) is 105 Å². The second-order valence-electron chi connectivity index (χ2n) is 8.98. The molecule has 3 N–H and O–H groups in total. The highest BCUT2D eigenvalue weighted by molar-refractivity contribution is 6.31. The van der Waals surface area contributed by atoms with E-state index in [1.807, 2.05) is 36.4 Å². The average Bonchev–Trinajstić information content (AvgIpc) is 3.48. The second kappa shape index (κ2) is 9.07. The summed E-state index contributed by atoms with van der Waals surface area (Å²) in [6.07, 6.45) is 0.418. The van der Waals surface area contributed by atoms with Gasteiger partial charge in [0.1, 0.15) is 6.61 Å². The van der Waals surface area contributed by atoms with Crippen LogP contribution in [0.2, 0.25) is 5.02 Å². The van der Waals surface area contributed by atoms with Gasteiger partial charge in [-0.15, -0.1) is 0 Å². The lowest BCUT2D eigenvalue weighted by Gasteiger charge is -2.16. The van der Waals surface area contributed by atoms with Crippen LogP contribution in [0.4, 0.5) is 10.5 Å². The predicted molar refractivity (Wildman–Crippen MR) is 132 cm³/mol. The minimum atomic E-state index is -0.966.